The highest BCUT2D eigenvalue weighted by atomic mass is 79.9. The number of carbonyl (C=O) groups is 1. The largest absolute Gasteiger partial charge is 0.355 e. The van der Waals surface area contributed by atoms with Gasteiger partial charge in [-0.1, -0.05) is 41.9 Å². The zero-order chi connectivity index (χ0) is 12.1. The van der Waals surface area contributed by atoms with Gasteiger partial charge in [-0.15, -0.1) is 0 Å². The van der Waals surface area contributed by atoms with Crippen LogP contribution in [0.15, 0.2) is 28.7 Å². The molecule has 0 heterocycles. The summed E-state index contributed by atoms with van der Waals surface area (Å²) in [6.07, 6.45) is 0. The van der Waals surface area contributed by atoms with E-state index in [1.807, 2.05) is 31.2 Å². The fourth-order valence-corrected chi connectivity index (χ4v) is 1.62. The van der Waals surface area contributed by atoms with Gasteiger partial charge in [-0.25, -0.2) is 0 Å². The van der Waals surface area contributed by atoms with Crippen molar-refractivity contribution in [1.29, 1.82) is 0 Å². The second-order valence-electron chi connectivity index (χ2n) is 4.41. The minimum atomic E-state index is -0.0909. The van der Waals surface area contributed by atoms with Gasteiger partial charge in [0.1, 0.15) is 0 Å². The zero-order valence-electron chi connectivity index (χ0n) is 9.96. The van der Waals surface area contributed by atoms with E-state index in [-0.39, 0.29) is 11.8 Å². The molecule has 0 aliphatic rings. The average molecular weight is 284 g/mol. The van der Waals surface area contributed by atoms with Gasteiger partial charge >= 0.3 is 0 Å². The van der Waals surface area contributed by atoms with Gasteiger partial charge in [0.25, 0.3) is 0 Å². The molecule has 88 valence electrons. The second kappa shape index (κ2) is 6.04. The summed E-state index contributed by atoms with van der Waals surface area (Å²) in [4.78, 5) is 11.8. The van der Waals surface area contributed by atoms with Crippen LogP contribution in [0.4, 0.5) is 0 Å². The lowest BCUT2D eigenvalue weighted by molar-refractivity contribution is -0.122. The molecule has 1 aromatic carbocycles. The van der Waals surface area contributed by atoms with Crippen LogP contribution in [0.1, 0.15) is 32.3 Å². The van der Waals surface area contributed by atoms with E-state index < -0.39 is 0 Å². The third kappa shape index (κ3) is 3.97. The summed E-state index contributed by atoms with van der Waals surface area (Å²) in [7, 11) is 0. The van der Waals surface area contributed by atoms with Gasteiger partial charge in [0, 0.05) is 11.0 Å². The lowest BCUT2D eigenvalue weighted by atomic mass is 10.0. The number of halogens is 1. The van der Waals surface area contributed by atoms with Crippen LogP contribution in [-0.4, -0.2) is 12.5 Å². The summed E-state index contributed by atoms with van der Waals surface area (Å²) in [6.45, 7) is 6.84. The first-order valence-corrected chi connectivity index (χ1v) is 6.33. The summed E-state index contributed by atoms with van der Waals surface area (Å²) in [5, 5.41) is 2.94. The molecule has 1 aromatic rings. The number of hydrogen-bond acceptors (Lipinski definition) is 1. The zero-order valence-corrected chi connectivity index (χ0v) is 11.5. The lowest BCUT2D eigenvalue weighted by Gasteiger charge is -2.13. The quantitative estimate of drug-likeness (QED) is 0.902. The molecular formula is C13H18BrNO. The van der Waals surface area contributed by atoms with Crippen LogP contribution in [-0.2, 0) is 4.79 Å². The lowest BCUT2D eigenvalue weighted by Crippen LogP contribution is -2.31. The fourth-order valence-electron chi connectivity index (χ4n) is 1.36. The first kappa shape index (κ1) is 13.2. The summed E-state index contributed by atoms with van der Waals surface area (Å²) in [5.41, 5.74) is 1.05. The van der Waals surface area contributed by atoms with Crippen molar-refractivity contribution >= 4 is 21.8 Å². The molecule has 0 saturated carbocycles. The van der Waals surface area contributed by atoms with Crippen molar-refractivity contribution in [3.05, 3.63) is 34.3 Å². The van der Waals surface area contributed by atoms with E-state index >= 15 is 0 Å². The number of nitrogens with one attached hydrogen (secondary N) is 1. The molecule has 1 N–H and O–H groups in total. The van der Waals surface area contributed by atoms with Gasteiger partial charge in [-0.05, 0) is 30.5 Å². The van der Waals surface area contributed by atoms with E-state index in [0.717, 1.165) is 16.6 Å². The molecule has 3 heteroatoms. The normalized spacial score (nSPS) is 12.6. The van der Waals surface area contributed by atoms with Crippen LogP contribution >= 0.6 is 15.9 Å². The monoisotopic (exact) mass is 283 g/mol. The number of carbonyl (C=O) groups excluding carboxylic acids is 1. The van der Waals surface area contributed by atoms with E-state index in [1.54, 1.807) is 0 Å². The number of hydrogen-bond donors (Lipinski definition) is 1. The van der Waals surface area contributed by atoms with Crippen molar-refractivity contribution in [2.24, 2.45) is 5.92 Å². The van der Waals surface area contributed by atoms with Gasteiger partial charge in [0.05, 0.1) is 5.92 Å². The Bertz CT molecular complexity index is 345. The average Bonchev–Trinajstić information content (AvgIpc) is 2.26. The predicted molar refractivity (Wildman–Crippen MR) is 70.4 cm³/mol. The second-order valence-corrected chi connectivity index (χ2v) is 5.33. The Morgan fingerprint density at radius 1 is 1.25 bits per heavy atom. The molecule has 1 unspecified atom stereocenters. The van der Waals surface area contributed by atoms with E-state index in [1.165, 1.54) is 0 Å². The van der Waals surface area contributed by atoms with E-state index in [2.05, 4.69) is 35.1 Å². The summed E-state index contributed by atoms with van der Waals surface area (Å²) >= 11 is 3.38. The molecule has 0 spiro atoms. The maximum Gasteiger partial charge on any atom is 0.227 e. The van der Waals surface area contributed by atoms with Crippen LogP contribution in [0.5, 0.6) is 0 Å². The Kier molecular flexibility index (Phi) is 5.00. The molecule has 0 aliphatic carbocycles. The van der Waals surface area contributed by atoms with Crippen molar-refractivity contribution in [2.45, 2.75) is 26.7 Å². The highest BCUT2D eigenvalue weighted by Gasteiger charge is 2.14. The van der Waals surface area contributed by atoms with E-state index in [0.29, 0.717) is 5.92 Å². The van der Waals surface area contributed by atoms with Crippen molar-refractivity contribution < 1.29 is 4.79 Å². The topological polar surface area (TPSA) is 29.1 Å². The molecule has 1 atom stereocenters. The highest BCUT2D eigenvalue weighted by Crippen LogP contribution is 2.18. The van der Waals surface area contributed by atoms with Gasteiger partial charge in [0.2, 0.25) is 5.91 Å². The summed E-state index contributed by atoms with van der Waals surface area (Å²) < 4.78 is 1.03. The van der Waals surface area contributed by atoms with Crippen LogP contribution < -0.4 is 5.32 Å². The maximum absolute atomic E-state index is 11.8. The number of benzene rings is 1. The SMILES string of the molecule is CC(C)CNC(=O)C(C)c1ccc(Br)cc1. The van der Waals surface area contributed by atoms with Gasteiger partial charge in [0.15, 0.2) is 0 Å². The maximum atomic E-state index is 11.8. The molecule has 2 nitrogen and oxygen atoms in total. The summed E-state index contributed by atoms with van der Waals surface area (Å²) in [5.74, 6) is 0.490. The minimum absolute atomic E-state index is 0.0909. The smallest absolute Gasteiger partial charge is 0.227 e. The molecule has 0 saturated heterocycles. The van der Waals surface area contributed by atoms with Crippen molar-refractivity contribution in [1.82, 2.24) is 5.32 Å². The molecule has 0 aromatic heterocycles. The molecule has 1 rings (SSSR count). The Hall–Kier alpha value is -0.830. The Morgan fingerprint density at radius 3 is 2.31 bits per heavy atom. The molecule has 16 heavy (non-hydrogen) atoms. The van der Waals surface area contributed by atoms with E-state index in [4.69, 9.17) is 0 Å². The molecule has 0 bridgehead atoms. The fraction of sp³-hybridized carbons (Fsp3) is 0.462. The molecule has 0 radical (unpaired) electrons. The van der Waals surface area contributed by atoms with Crippen LogP contribution in [0.2, 0.25) is 0 Å². The van der Waals surface area contributed by atoms with Crippen molar-refractivity contribution in [3.8, 4) is 0 Å². The molecular weight excluding hydrogens is 266 g/mol. The third-order valence-electron chi connectivity index (χ3n) is 2.45. The third-order valence-corrected chi connectivity index (χ3v) is 2.98. The molecule has 1 amide bonds. The Balaban J connectivity index is 2.59. The summed E-state index contributed by atoms with van der Waals surface area (Å²) in [6, 6.07) is 7.87. The molecule has 0 fully saturated rings. The first-order valence-electron chi connectivity index (χ1n) is 5.54. The highest BCUT2D eigenvalue weighted by molar-refractivity contribution is 9.10. The van der Waals surface area contributed by atoms with Gasteiger partial charge in [-0.3, -0.25) is 4.79 Å². The minimum Gasteiger partial charge on any atom is -0.355 e. The number of rotatable bonds is 4. The van der Waals surface area contributed by atoms with Crippen LogP contribution in [0, 0.1) is 5.92 Å². The standard InChI is InChI=1S/C13H18BrNO/c1-9(2)8-15-13(16)10(3)11-4-6-12(14)7-5-11/h4-7,9-10H,8H2,1-3H3,(H,15,16). The van der Waals surface area contributed by atoms with Crippen molar-refractivity contribution in [3.63, 3.8) is 0 Å². The van der Waals surface area contributed by atoms with Gasteiger partial charge in [-0.2, -0.15) is 0 Å². The molecule has 0 aliphatic heterocycles. The van der Waals surface area contributed by atoms with Crippen LogP contribution in [0.3, 0.4) is 0 Å². The van der Waals surface area contributed by atoms with Gasteiger partial charge < -0.3 is 5.32 Å². The Labute approximate surface area is 106 Å². The Morgan fingerprint density at radius 2 is 1.81 bits per heavy atom. The van der Waals surface area contributed by atoms with Crippen LogP contribution in [0.25, 0.3) is 0 Å². The number of amides is 1. The van der Waals surface area contributed by atoms with E-state index in [9.17, 15) is 4.79 Å². The predicted octanol–water partition coefficient (Wildman–Crippen LogP) is 3.32. The van der Waals surface area contributed by atoms with Crippen molar-refractivity contribution in [2.75, 3.05) is 6.54 Å². The first-order chi connectivity index (χ1) is 7.50.